The summed E-state index contributed by atoms with van der Waals surface area (Å²) >= 11 is 0. The van der Waals surface area contributed by atoms with Crippen molar-refractivity contribution >= 4 is 5.69 Å². The Morgan fingerprint density at radius 3 is 3.00 bits per heavy atom. The van der Waals surface area contributed by atoms with E-state index < -0.39 is 11.0 Å². The third kappa shape index (κ3) is 3.42. The highest BCUT2D eigenvalue weighted by Crippen LogP contribution is 2.29. The molecule has 104 valence electrons. The van der Waals surface area contributed by atoms with Crippen molar-refractivity contribution in [2.75, 3.05) is 13.2 Å². The zero-order valence-corrected chi connectivity index (χ0v) is 10.7. The number of ether oxygens (including phenoxy) is 2. The minimum atomic E-state index is -0.820. The topological polar surface area (TPSA) is 81.8 Å². The average Bonchev–Trinajstić information content (AvgIpc) is 2.89. The van der Waals surface area contributed by atoms with E-state index in [1.807, 2.05) is 0 Å². The van der Waals surface area contributed by atoms with E-state index in [1.165, 1.54) is 18.2 Å². The van der Waals surface area contributed by atoms with Crippen LogP contribution in [0.5, 0.6) is 5.75 Å². The average molecular weight is 267 g/mol. The second-order valence-corrected chi connectivity index (χ2v) is 4.60. The summed E-state index contributed by atoms with van der Waals surface area (Å²) in [5, 5.41) is 20.4. The standard InChI is InChI=1S/C13H17NO5/c1-9(15)12-7-10(14(16)17)4-5-13(12)19-8-11-3-2-6-18-11/h4-5,7,9,11,15H,2-3,6,8H2,1H3/t9-,11?/m1/s1. The summed E-state index contributed by atoms with van der Waals surface area (Å²) in [6, 6.07) is 4.24. The SMILES string of the molecule is C[C@@H](O)c1cc([N+](=O)[O-])ccc1OCC1CCCO1. The van der Waals surface area contributed by atoms with Crippen LogP contribution in [0, 0.1) is 10.1 Å². The molecule has 0 spiro atoms. The molecule has 2 atom stereocenters. The highest BCUT2D eigenvalue weighted by Gasteiger charge is 2.19. The van der Waals surface area contributed by atoms with E-state index in [9.17, 15) is 15.2 Å². The molecule has 2 rings (SSSR count). The minimum Gasteiger partial charge on any atom is -0.490 e. The van der Waals surface area contributed by atoms with Gasteiger partial charge in [-0.05, 0) is 25.8 Å². The van der Waals surface area contributed by atoms with Crippen LogP contribution in [0.25, 0.3) is 0 Å². The first-order chi connectivity index (χ1) is 9.08. The molecule has 6 nitrogen and oxygen atoms in total. The van der Waals surface area contributed by atoms with Gasteiger partial charge in [-0.3, -0.25) is 10.1 Å². The van der Waals surface area contributed by atoms with Crippen molar-refractivity contribution < 1.29 is 19.5 Å². The zero-order chi connectivity index (χ0) is 13.8. The molecule has 0 saturated carbocycles. The van der Waals surface area contributed by atoms with Gasteiger partial charge in [-0.25, -0.2) is 0 Å². The summed E-state index contributed by atoms with van der Waals surface area (Å²) in [5.74, 6) is 0.469. The second kappa shape index (κ2) is 5.99. The Kier molecular flexibility index (Phi) is 4.34. The lowest BCUT2D eigenvalue weighted by atomic mass is 10.1. The number of aliphatic hydroxyl groups is 1. The van der Waals surface area contributed by atoms with Gasteiger partial charge in [-0.1, -0.05) is 0 Å². The van der Waals surface area contributed by atoms with Crippen LogP contribution in [0.15, 0.2) is 18.2 Å². The van der Waals surface area contributed by atoms with Gasteiger partial charge in [-0.2, -0.15) is 0 Å². The highest BCUT2D eigenvalue weighted by atomic mass is 16.6. The molecule has 0 aromatic heterocycles. The van der Waals surface area contributed by atoms with E-state index in [0.29, 0.717) is 17.9 Å². The molecule has 1 heterocycles. The van der Waals surface area contributed by atoms with Gasteiger partial charge in [0.15, 0.2) is 0 Å². The third-order valence-electron chi connectivity index (χ3n) is 3.10. The molecule has 0 bridgehead atoms. The number of nitro benzene ring substituents is 1. The van der Waals surface area contributed by atoms with Crippen molar-refractivity contribution in [3.05, 3.63) is 33.9 Å². The Balaban J connectivity index is 2.11. The first-order valence-electron chi connectivity index (χ1n) is 6.28. The molecule has 0 radical (unpaired) electrons. The van der Waals surface area contributed by atoms with Crippen molar-refractivity contribution in [2.24, 2.45) is 0 Å². The maximum atomic E-state index is 10.7. The lowest BCUT2D eigenvalue weighted by Gasteiger charge is -2.15. The van der Waals surface area contributed by atoms with Crippen LogP contribution < -0.4 is 4.74 Å². The highest BCUT2D eigenvalue weighted by molar-refractivity contribution is 5.44. The van der Waals surface area contributed by atoms with Crippen LogP contribution in [0.3, 0.4) is 0 Å². The van der Waals surface area contributed by atoms with Crippen molar-refractivity contribution in [3.8, 4) is 5.75 Å². The summed E-state index contributed by atoms with van der Waals surface area (Å²) in [6.45, 7) is 2.70. The molecule has 19 heavy (non-hydrogen) atoms. The van der Waals surface area contributed by atoms with Crippen molar-refractivity contribution in [3.63, 3.8) is 0 Å². The van der Waals surface area contributed by atoms with Crippen LogP contribution in [-0.4, -0.2) is 29.3 Å². The molecular formula is C13H17NO5. The molecule has 1 saturated heterocycles. The van der Waals surface area contributed by atoms with Crippen LogP contribution in [0.2, 0.25) is 0 Å². The number of aliphatic hydroxyl groups excluding tert-OH is 1. The first kappa shape index (κ1) is 13.8. The Labute approximate surface area is 111 Å². The Hall–Kier alpha value is -1.66. The van der Waals surface area contributed by atoms with Gasteiger partial charge >= 0.3 is 0 Å². The van der Waals surface area contributed by atoms with Gasteiger partial charge < -0.3 is 14.6 Å². The maximum Gasteiger partial charge on any atom is 0.270 e. The summed E-state index contributed by atoms with van der Waals surface area (Å²) in [4.78, 5) is 10.2. The molecule has 6 heteroatoms. The fourth-order valence-electron chi connectivity index (χ4n) is 2.07. The molecule has 1 aliphatic rings. The lowest BCUT2D eigenvalue weighted by Crippen LogP contribution is -2.17. The summed E-state index contributed by atoms with van der Waals surface area (Å²) in [6.07, 6.45) is 1.23. The first-order valence-corrected chi connectivity index (χ1v) is 6.28. The second-order valence-electron chi connectivity index (χ2n) is 4.60. The van der Waals surface area contributed by atoms with Gasteiger partial charge in [-0.15, -0.1) is 0 Å². The number of nitro groups is 1. The van der Waals surface area contributed by atoms with Crippen LogP contribution in [0.4, 0.5) is 5.69 Å². The number of benzene rings is 1. The number of non-ortho nitro benzene ring substituents is 1. The van der Waals surface area contributed by atoms with Gasteiger partial charge in [0.2, 0.25) is 0 Å². The predicted molar refractivity (Wildman–Crippen MR) is 68.2 cm³/mol. The lowest BCUT2D eigenvalue weighted by molar-refractivity contribution is -0.385. The van der Waals surface area contributed by atoms with E-state index in [-0.39, 0.29) is 11.8 Å². The van der Waals surface area contributed by atoms with E-state index in [2.05, 4.69) is 0 Å². The van der Waals surface area contributed by atoms with Crippen molar-refractivity contribution in [1.82, 2.24) is 0 Å². The summed E-state index contributed by atoms with van der Waals surface area (Å²) < 4.78 is 11.1. The van der Waals surface area contributed by atoms with Crippen LogP contribution in [-0.2, 0) is 4.74 Å². The Morgan fingerprint density at radius 2 is 2.42 bits per heavy atom. The van der Waals surface area contributed by atoms with E-state index in [0.717, 1.165) is 19.4 Å². The van der Waals surface area contributed by atoms with Crippen LogP contribution in [0.1, 0.15) is 31.4 Å². The van der Waals surface area contributed by atoms with E-state index in [4.69, 9.17) is 9.47 Å². The summed E-state index contributed by atoms with van der Waals surface area (Å²) in [5.41, 5.74) is 0.368. The molecule has 1 N–H and O–H groups in total. The normalized spacial score (nSPS) is 20.2. The fourth-order valence-corrected chi connectivity index (χ4v) is 2.07. The molecule has 1 aromatic carbocycles. The largest absolute Gasteiger partial charge is 0.490 e. The zero-order valence-electron chi connectivity index (χ0n) is 10.7. The Morgan fingerprint density at radius 1 is 1.63 bits per heavy atom. The molecule has 1 aliphatic heterocycles. The monoisotopic (exact) mass is 267 g/mol. The van der Waals surface area contributed by atoms with E-state index >= 15 is 0 Å². The summed E-state index contributed by atoms with van der Waals surface area (Å²) in [7, 11) is 0. The van der Waals surface area contributed by atoms with Gasteiger partial charge in [0.1, 0.15) is 12.4 Å². The Bertz CT molecular complexity index is 454. The maximum absolute atomic E-state index is 10.7. The predicted octanol–water partition coefficient (Wildman–Crippen LogP) is 2.21. The van der Waals surface area contributed by atoms with Gasteiger partial charge in [0, 0.05) is 24.3 Å². The number of hydrogen-bond donors (Lipinski definition) is 1. The van der Waals surface area contributed by atoms with Crippen molar-refractivity contribution in [2.45, 2.75) is 32.0 Å². The molecular weight excluding hydrogens is 250 g/mol. The van der Waals surface area contributed by atoms with E-state index in [1.54, 1.807) is 6.92 Å². The molecule has 1 unspecified atom stereocenters. The number of hydrogen-bond acceptors (Lipinski definition) is 5. The van der Waals surface area contributed by atoms with Crippen LogP contribution >= 0.6 is 0 Å². The van der Waals surface area contributed by atoms with Crippen molar-refractivity contribution in [1.29, 1.82) is 0 Å². The number of rotatable bonds is 5. The third-order valence-corrected chi connectivity index (χ3v) is 3.10. The number of nitrogens with zero attached hydrogens (tertiary/aromatic N) is 1. The molecule has 1 fully saturated rings. The smallest absolute Gasteiger partial charge is 0.270 e. The molecule has 0 amide bonds. The minimum absolute atomic E-state index is 0.0552. The quantitative estimate of drug-likeness (QED) is 0.653. The fraction of sp³-hybridized carbons (Fsp3) is 0.538. The van der Waals surface area contributed by atoms with Gasteiger partial charge in [0.05, 0.1) is 17.1 Å². The molecule has 0 aliphatic carbocycles. The van der Waals surface area contributed by atoms with Gasteiger partial charge in [0.25, 0.3) is 5.69 Å². The molecule has 1 aromatic rings.